The topological polar surface area (TPSA) is 115 Å². The summed E-state index contributed by atoms with van der Waals surface area (Å²) < 4.78 is 53.8. The fourth-order valence-electron chi connectivity index (χ4n) is 2.83. The van der Waals surface area contributed by atoms with Gasteiger partial charge in [-0.25, -0.2) is 14.2 Å². The van der Waals surface area contributed by atoms with Crippen molar-refractivity contribution in [3.63, 3.8) is 0 Å². The van der Waals surface area contributed by atoms with Crippen LogP contribution in [0.4, 0.5) is 33.7 Å². The van der Waals surface area contributed by atoms with Gasteiger partial charge in [0.1, 0.15) is 22.8 Å². The number of hydrogen-bond donors (Lipinski definition) is 3. The normalized spacial score (nSPS) is 14.4. The Morgan fingerprint density at radius 2 is 1.82 bits per heavy atom. The number of aliphatic hydroxyl groups is 1. The minimum Gasteiger partial charge on any atom is -0.509 e. The van der Waals surface area contributed by atoms with Crippen molar-refractivity contribution in [3.8, 4) is 0 Å². The number of hydrazine groups is 1. The minimum atomic E-state index is -4.71. The number of benzene rings is 1. The molecule has 0 aliphatic carbocycles. The van der Waals surface area contributed by atoms with Gasteiger partial charge in [0.15, 0.2) is 0 Å². The zero-order chi connectivity index (χ0) is 24.3. The van der Waals surface area contributed by atoms with E-state index in [0.29, 0.717) is 11.1 Å². The van der Waals surface area contributed by atoms with Gasteiger partial charge in [0.2, 0.25) is 0 Å². The summed E-state index contributed by atoms with van der Waals surface area (Å²) in [6, 6.07) is 5.13. The number of carbonyl (C=O) groups excluding carboxylic acids is 3. The lowest BCUT2D eigenvalue weighted by molar-refractivity contribution is -0.141. The lowest BCUT2D eigenvalue weighted by Crippen LogP contribution is -2.58. The molecule has 14 heteroatoms. The molecule has 0 unspecified atom stereocenters. The third-order valence-electron chi connectivity index (χ3n) is 4.28. The molecule has 3 rings (SSSR count). The average molecular weight is 485 g/mol. The van der Waals surface area contributed by atoms with Crippen molar-refractivity contribution in [2.75, 3.05) is 23.1 Å². The van der Waals surface area contributed by atoms with Crippen molar-refractivity contribution >= 4 is 41.2 Å². The summed E-state index contributed by atoms with van der Waals surface area (Å²) in [4.78, 5) is 41.5. The Kier molecular flexibility index (Phi) is 6.76. The van der Waals surface area contributed by atoms with Crippen LogP contribution in [-0.4, -0.2) is 45.7 Å². The molecule has 1 aliphatic rings. The van der Waals surface area contributed by atoms with Crippen molar-refractivity contribution in [2.24, 2.45) is 0 Å². The van der Waals surface area contributed by atoms with Crippen LogP contribution in [0.25, 0.3) is 0 Å². The van der Waals surface area contributed by atoms with E-state index in [1.54, 1.807) is 0 Å². The standard InChI is InChI=1S/C19H15F4N5O4S/c1-33-26-18(32)28-17(31)15(16(30)25-11-4-2-10(20)3-5-11)13(29)9-27(28)12-6-7-14(24-8-12)19(21,22)23/h2-8,29H,9H2,1H3,(H,25,30)(H,26,32). The number of pyridine rings is 1. The maximum atomic E-state index is 13.1. The highest BCUT2D eigenvalue weighted by Gasteiger charge is 2.41. The molecule has 0 fully saturated rings. The lowest BCUT2D eigenvalue weighted by Gasteiger charge is -2.37. The summed E-state index contributed by atoms with van der Waals surface area (Å²) in [5, 5.41) is 14.0. The SMILES string of the molecule is CSNC(=O)N1C(=O)C(C(=O)Nc2ccc(F)cc2)=C(O)CN1c1ccc(C(F)(F)F)nc1. The molecule has 0 spiro atoms. The number of urea groups is 1. The Morgan fingerprint density at radius 3 is 2.36 bits per heavy atom. The van der Waals surface area contributed by atoms with Gasteiger partial charge in [-0.3, -0.25) is 19.3 Å². The molecule has 3 N–H and O–H groups in total. The molecule has 0 radical (unpaired) electrons. The van der Waals surface area contributed by atoms with E-state index in [4.69, 9.17) is 0 Å². The Morgan fingerprint density at radius 1 is 1.15 bits per heavy atom. The van der Waals surface area contributed by atoms with E-state index < -0.39 is 53.4 Å². The van der Waals surface area contributed by atoms with Gasteiger partial charge < -0.3 is 10.4 Å². The smallest absolute Gasteiger partial charge is 0.433 e. The predicted molar refractivity (Wildman–Crippen MR) is 110 cm³/mol. The van der Waals surface area contributed by atoms with Crippen LogP contribution in [0.5, 0.6) is 0 Å². The van der Waals surface area contributed by atoms with Gasteiger partial charge in [0.25, 0.3) is 11.8 Å². The van der Waals surface area contributed by atoms with Gasteiger partial charge in [-0.2, -0.15) is 18.2 Å². The van der Waals surface area contributed by atoms with Crippen molar-refractivity contribution in [3.05, 3.63) is 65.4 Å². The quantitative estimate of drug-likeness (QED) is 0.346. The number of hydrogen-bond acceptors (Lipinski definition) is 7. The number of halogens is 4. The van der Waals surface area contributed by atoms with Crippen molar-refractivity contribution in [1.29, 1.82) is 0 Å². The highest BCUT2D eigenvalue weighted by atomic mass is 32.2. The first-order chi connectivity index (χ1) is 15.5. The van der Waals surface area contributed by atoms with E-state index in [0.717, 1.165) is 41.4 Å². The number of aliphatic hydroxyl groups excluding tert-OH is 1. The number of carbonyl (C=O) groups is 3. The molecule has 1 aromatic carbocycles. The molecule has 0 atom stereocenters. The Labute approximate surface area is 188 Å². The first-order valence-electron chi connectivity index (χ1n) is 9.00. The summed E-state index contributed by atoms with van der Waals surface area (Å²) in [6.45, 7) is -0.604. The summed E-state index contributed by atoms with van der Waals surface area (Å²) in [5.41, 5.74) is -1.98. The second kappa shape index (κ2) is 9.36. The average Bonchev–Trinajstić information content (AvgIpc) is 2.74. The van der Waals surface area contributed by atoms with E-state index in [1.165, 1.54) is 18.4 Å². The number of aromatic nitrogens is 1. The number of alkyl halides is 3. The van der Waals surface area contributed by atoms with Crippen molar-refractivity contribution in [1.82, 2.24) is 14.7 Å². The molecule has 9 nitrogen and oxygen atoms in total. The van der Waals surface area contributed by atoms with Crippen molar-refractivity contribution in [2.45, 2.75) is 6.18 Å². The third kappa shape index (κ3) is 5.16. The van der Waals surface area contributed by atoms with Crippen LogP contribution in [0, 0.1) is 5.82 Å². The van der Waals surface area contributed by atoms with Crippen molar-refractivity contribution < 1.29 is 37.1 Å². The number of rotatable bonds is 4. The summed E-state index contributed by atoms with van der Waals surface area (Å²) in [6.07, 6.45) is -2.46. The second-order valence-corrected chi connectivity index (χ2v) is 7.08. The number of anilines is 2. The first kappa shape index (κ1) is 23.8. The molecule has 0 bridgehead atoms. The fourth-order valence-corrected chi connectivity index (χ4v) is 3.09. The zero-order valence-electron chi connectivity index (χ0n) is 16.7. The minimum absolute atomic E-state index is 0.115. The van der Waals surface area contributed by atoms with E-state index in [1.807, 2.05) is 0 Å². The molecular weight excluding hydrogens is 470 g/mol. The van der Waals surface area contributed by atoms with Gasteiger partial charge in [-0.1, -0.05) is 11.9 Å². The van der Waals surface area contributed by atoms with E-state index in [2.05, 4.69) is 15.0 Å². The van der Waals surface area contributed by atoms with Crippen LogP contribution < -0.4 is 15.0 Å². The number of nitrogens with one attached hydrogen (secondary N) is 2. The zero-order valence-corrected chi connectivity index (χ0v) is 17.5. The molecule has 2 aromatic rings. The molecule has 2 heterocycles. The summed E-state index contributed by atoms with van der Waals surface area (Å²) >= 11 is 0.824. The van der Waals surface area contributed by atoms with Crippen LogP contribution in [0.2, 0.25) is 0 Å². The summed E-state index contributed by atoms with van der Waals surface area (Å²) in [7, 11) is 0. The van der Waals surface area contributed by atoms with Crippen LogP contribution in [0.3, 0.4) is 0 Å². The van der Waals surface area contributed by atoms with E-state index in [9.17, 15) is 37.1 Å². The second-order valence-electron chi connectivity index (χ2n) is 6.47. The molecule has 174 valence electrons. The van der Waals surface area contributed by atoms with Gasteiger partial charge in [0.05, 0.1) is 18.4 Å². The van der Waals surface area contributed by atoms with E-state index in [-0.39, 0.29) is 11.4 Å². The summed E-state index contributed by atoms with van der Waals surface area (Å²) in [5.74, 6) is -3.63. The van der Waals surface area contributed by atoms with Gasteiger partial charge >= 0.3 is 12.2 Å². The molecule has 1 aromatic heterocycles. The molecule has 0 saturated heterocycles. The molecular formula is C19H15F4N5O4S. The van der Waals surface area contributed by atoms with Crippen LogP contribution >= 0.6 is 11.9 Å². The third-order valence-corrected chi connectivity index (χ3v) is 4.66. The largest absolute Gasteiger partial charge is 0.509 e. The highest BCUT2D eigenvalue weighted by molar-refractivity contribution is 7.97. The predicted octanol–water partition coefficient (Wildman–Crippen LogP) is 3.24. The maximum absolute atomic E-state index is 13.1. The van der Waals surface area contributed by atoms with Crippen LogP contribution in [0.1, 0.15) is 5.69 Å². The van der Waals surface area contributed by atoms with Crippen LogP contribution in [-0.2, 0) is 15.8 Å². The lowest BCUT2D eigenvalue weighted by atomic mass is 10.1. The Balaban J connectivity index is 1.96. The van der Waals surface area contributed by atoms with Gasteiger partial charge in [-0.15, -0.1) is 0 Å². The fraction of sp³-hybridized carbons (Fsp3) is 0.158. The van der Waals surface area contributed by atoms with E-state index >= 15 is 0 Å². The molecule has 4 amide bonds. The van der Waals surface area contributed by atoms with Gasteiger partial charge in [-0.05, 0) is 36.4 Å². The highest BCUT2D eigenvalue weighted by Crippen LogP contribution is 2.30. The Bertz CT molecular complexity index is 1110. The first-order valence-corrected chi connectivity index (χ1v) is 10.2. The molecule has 33 heavy (non-hydrogen) atoms. The number of amides is 4. The monoisotopic (exact) mass is 485 g/mol. The number of imide groups is 1. The van der Waals surface area contributed by atoms with Gasteiger partial charge in [0, 0.05) is 11.9 Å². The number of nitrogens with zero attached hydrogens (tertiary/aromatic N) is 3. The molecule has 0 saturated carbocycles. The maximum Gasteiger partial charge on any atom is 0.433 e. The molecule has 1 aliphatic heterocycles. The van der Waals surface area contributed by atoms with Crippen LogP contribution in [0.15, 0.2) is 53.9 Å². The Hall–Kier alpha value is -3.81.